The molecule has 0 aliphatic rings. The van der Waals surface area contributed by atoms with Gasteiger partial charge >= 0.3 is 0 Å². The van der Waals surface area contributed by atoms with Crippen LogP contribution in [0.25, 0.3) is 0 Å². The Bertz CT molecular complexity index is 562. The highest BCUT2D eigenvalue weighted by Crippen LogP contribution is 2.29. The lowest BCUT2D eigenvalue weighted by Crippen LogP contribution is -1.97. The number of ether oxygens (including phenoxy) is 2. The van der Waals surface area contributed by atoms with Crippen LogP contribution in [-0.4, -0.2) is 29.7 Å². The van der Waals surface area contributed by atoms with Crippen LogP contribution < -0.4 is 10.1 Å². The molecule has 7 heteroatoms. The fourth-order valence-electron chi connectivity index (χ4n) is 1.57. The number of anilines is 2. The van der Waals surface area contributed by atoms with E-state index in [1.54, 1.807) is 7.11 Å². The van der Waals surface area contributed by atoms with Crippen molar-refractivity contribution in [3.8, 4) is 5.75 Å². The minimum Gasteiger partial charge on any atom is -0.493 e. The van der Waals surface area contributed by atoms with E-state index in [4.69, 9.17) is 9.47 Å². The summed E-state index contributed by atoms with van der Waals surface area (Å²) in [6.45, 7) is 3.23. The zero-order valence-electron chi connectivity index (χ0n) is 11.4. The highest BCUT2D eigenvalue weighted by molar-refractivity contribution is 9.10. The molecule has 0 aliphatic heterocycles. The fourth-order valence-corrected chi connectivity index (χ4v) is 2.70. The van der Waals surface area contributed by atoms with Gasteiger partial charge in [0.2, 0.25) is 5.13 Å². The first-order valence-electron chi connectivity index (χ1n) is 6.23. The van der Waals surface area contributed by atoms with E-state index in [9.17, 15) is 0 Å². The Morgan fingerprint density at radius 2 is 2.25 bits per heavy atom. The third kappa shape index (κ3) is 4.16. The van der Waals surface area contributed by atoms with Gasteiger partial charge in [-0.15, -0.1) is 0 Å². The van der Waals surface area contributed by atoms with Crippen LogP contribution in [0, 0.1) is 0 Å². The van der Waals surface area contributed by atoms with Gasteiger partial charge in [0.15, 0.2) is 0 Å². The van der Waals surface area contributed by atoms with E-state index in [0.717, 1.165) is 33.3 Å². The first-order valence-corrected chi connectivity index (χ1v) is 7.80. The molecule has 0 bridgehead atoms. The Morgan fingerprint density at radius 3 is 2.95 bits per heavy atom. The van der Waals surface area contributed by atoms with Crippen LogP contribution in [0.4, 0.5) is 10.8 Å². The standard InChI is InChI=1S/C13H16BrN3O2S/c1-3-19-11-5-4-9(8-10(11)14)15-13-16-12(17-20-13)6-7-18-2/h4-5,8H,3,6-7H2,1-2H3,(H,15,16,17). The Hall–Kier alpha value is -1.18. The van der Waals surface area contributed by atoms with E-state index < -0.39 is 0 Å². The average molecular weight is 358 g/mol. The molecule has 0 unspecified atom stereocenters. The Morgan fingerprint density at radius 1 is 1.40 bits per heavy atom. The third-order valence-corrected chi connectivity index (χ3v) is 3.77. The minimum atomic E-state index is 0.630. The van der Waals surface area contributed by atoms with E-state index in [1.165, 1.54) is 11.5 Å². The number of nitrogens with one attached hydrogen (secondary N) is 1. The van der Waals surface area contributed by atoms with Crippen LogP contribution in [0.2, 0.25) is 0 Å². The van der Waals surface area contributed by atoms with Gasteiger partial charge < -0.3 is 14.8 Å². The molecule has 1 aromatic carbocycles. The zero-order valence-corrected chi connectivity index (χ0v) is 13.8. The number of hydrogen-bond donors (Lipinski definition) is 1. The highest BCUT2D eigenvalue weighted by Gasteiger charge is 2.06. The summed E-state index contributed by atoms with van der Waals surface area (Å²) in [5.41, 5.74) is 0.940. The molecular formula is C13H16BrN3O2S. The summed E-state index contributed by atoms with van der Waals surface area (Å²) in [6, 6.07) is 5.83. The van der Waals surface area contributed by atoms with Gasteiger partial charge in [-0.1, -0.05) is 0 Å². The van der Waals surface area contributed by atoms with Crippen LogP contribution in [0.3, 0.4) is 0 Å². The van der Waals surface area contributed by atoms with E-state index in [0.29, 0.717) is 13.2 Å². The number of rotatable bonds is 7. The van der Waals surface area contributed by atoms with Crippen molar-refractivity contribution in [1.82, 2.24) is 9.36 Å². The maximum atomic E-state index is 5.48. The lowest BCUT2D eigenvalue weighted by atomic mass is 10.3. The number of nitrogens with zero attached hydrogens (tertiary/aromatic N) is 2. The number of aromatic nitrogens is 2. The maximum Gasteiger partial charge on any atom is 0.207 e. The summed E-state index contributed by atoms with van der Waals surface area (Å²) in [4.78, 5) is 4.40. The molecule has 0 saturated carbocycles. The van der Waals surface area contributed by atoms with E-state index in [2.05, 4.69) is 30.6 Å². The van der Waals surface area contributed by atoms with E-state index >= 15 is 0 Å². The summed E-state index contributed by atoms with van der Waals surface area (Å²) >= 11 is 4.83. The number of hydrogen-bond acceptors (Lipinski definition) is 6. The molecule has 1 N–H and O–H groups in total. The van der Waals surface area contributed by atoms with Gasteiger partial charge in [0.1, 0.15) is 11.6 Å². The predicted molar refractivity (Wildman–Crippen MR) is 84.1 cm³/mol. The third-order valence-electron chi connectivity index (χ3n) is 2.48. The molecule has 0 radical (unpaired) electrons. The number of benzene rings is 1. The summed E-state index contributed by atoms with van der Waals surface area (Å²) in [5, 5.41) is 4.00. The molecule has 1 heterocycles. The van der Waals surface area contributed by atoms with Gasteiger partial charge in [0, 0.05) is 30.8 Å². The molecular weight excluding hydrogens is 342 g/mol. The second kappa shape index (κ2) is 7.56. The molecule has 0 fully saturated rings. The van der Waals surface area contributed by atoms with Crippen molar-refractivity contribution >= 4 is 38.3 Å². The lowest BCUT2D eigenvalue weighted by molar-refractivity contribution is 0.201. The molecule has 0 amide bonds. The lowest BCUT2D eigenvalue weighted by Gasteiger charge is -2.08. The molecule has 2 rings (SSSR count). The smallest absolute Gasteiger partial charge is 0.207 e. The summed E-state index contributed by atoms with van der Waals surface area (Å²) in [6.07, 6.45) is 0.724. The quantitative estimate of drug-likeness (QED) is 0.819. The first-order chi connectivity index (χ1) is 9.72. The molecule has 0 saturated heterocycles. The van der Waals surface area contributed by atoms with Crippen molar-refractivity contribution < 1.29 is 9.47 Å². The second-order valence-electron chi connectivity index (χ2n) is 3.96. The Balaban J connectivity index is 2.02. The van der Waals surface area contributed by atoms with Gasteiger partial charge in [0.05, 0.1) is 17.7 Å². The van der Waals surface area contributed by atoms with Gasteiger partial charge in [-0.05, 0) is 41.1 Å². The topological polar surface area (TPSA) is 56.3 Å². The van der Waals surface area contributed by atoms with E-state index in [1.807, 2.05) is 25.1 Å². The number of halogens is 1. The van der Waals surface area contributed by atoms with Crippen molar-refractivity contribution in [3.63, 3.8) is 0 Å². The van der Waals surface area contributed by atoms with Crippen LogP contribution in [0.1, 0.15) is 12.7 Å². The predicted octanol–water partition coefficient (Wildman–Crippen LogP) is 3.63. The van der Waals surface area contributed by atoms with Gasteiger partial charge in [-0.25, -0.2) is 4.98 Å². The van der Waals surface area contributed by atoms with Crippen LogP contribution >= 0.6 is 27.5 Å². The number of methoxy groups -OCH3 is 1. The molecule has 0 atom stereocenters. The van der Waals surface area contributed by atoms with Gasteiger partial charge in [-0.3, -0.25) is 0 Å². The summed E-state index contributed by atoms with van der Waals surface area (Å²) in [5.74, 6) is 1.63. The van der Waals surface area contributed by atoms with Crippen molar-refractivity contribution in [2.75, 3.05) is 25.6 Å². The molecule has 5 nitrogen and oxygen atoms in total. The van der Waals surface area contributed by atoms with Crippen LogP contribution in [-0.2, 0) is 11.2 Å². The van der Waals surface area contributed by atoms with E-state index in [-0.39, 0.29) is 0 Å². The van der Waals surface area contributed by atoms with Crippen LogP contribution in [0.15, 0.2) is 22.7 Å². The molecule has 108 valence electrons. The Kier molecular flexibility index (Phi) is 5.75. The fraction of sp³-hybridized carbons (Fsp3) is 0.385. The van der Waals surface area contributed by atoms with Gasteiger partial charge in [-0.2, -0.15) is 4.37 Å². The van der Waals surface area contributed by atoms with Crippen molar-refractivity contribution in [3.05, 3.63) is 28.5 Å². The van der Waals surface area contributed by atoms with Crippen molar-refractivity contribution in [2.45, 2.75) is 13.3 Å². The van der Waals surface area contributed by atoms with Crippen molar-refractivity contribution in [2.24, 2.45) is 0 Å². The maximum absolute atomic E-state index is 5.48. The monoisotopic (exact) mass is 357 g/mol. The second-order valence-corrected chi connectivity index (χ2v) is 5.57. The zero-order chi connectivity index (χ0) is 14.4. The first kappa shape index (κ1) is 15.2. The highest BCUT2D eigenvalue weighted by atomic mass is 79.9. The largest absolute Gasteiger partial charge is 0.493 e. The molecule has 1 aromatic heterocycles. The SMILES string of the molecule is CCOc1ccc(Nc2nc(CCOC)ns2)cc1Br. The summed E-state index contributed by atoms with van der Waals surface area (Å²) < 4.78 is 15.7. The van der Waals surface area contributed by atoms with Crippen molar-refractivity contribution in [1.29, 1.82) is 0 Å². The average Bonchev–Trinajstić information content (AvgIpc) is 2.87. The molecule has 0 aliphatic carbocycles. The summed E-state index contributed by atoms with van der Waals surface area (Å²) in [7, 11) is 1.67. The molecule has 0 spiro atoms. The van der Waals surface area contributed by atoms with Gasteiger partial charge in [0.25, 0.3) is 0 Å². The minimum absolute atomic E-state index is 0.630. The molecule has 2 aromatic rings. The van der Waals surface area contributed by atoms with Crippen LogP contribution in [0.5, 0.6) is 5.75 Å². The Labute approximate surface area is 130 Å². The normalized spacial score (nSPS) is 10.6. The molecule has 20 heavy (non-hydrogen) atoms.